The Kier molecular flexibility index (Phi) is 13.7. The number of unbranched alkanes of at least 4 members (excludes halogenated alkanes) is 12. The Labute approximate surface area is 179 Å². The molecular weight excluding hydrogens is 368 g/mol. The number of hydrogen-bond acceptors (Lipinski definition) is 2. The molecule has 0 aromatic rings. The van der Waals surface area contributed by atoms with E-state index in [2.05, 4.69) is 19.8 Å². The van der Waals surface area contributed by atoms with Crippen LogP contribution in [0.15, 0.2) is 16.9 Å². The summed E-state index contributed by atoms with van der Waals surface area (Å²) >= 11 is 5.69. The monoisotopic (exact) mass is 410 g/mol. The maximum absolute atomic E-state index is 11.3. The van der Waals surface area contributed by atoms with Gasteiger partial charge >= 0.3 is 0 Å². The maximum atomic E-state index is 11.3. The lowest BCUT2D eigenvalue weighted by Gasteiger charge is -2.32. The van der Waals surface area contributed by atoms with Crippen LogP contribution in [0.4, 0.5) is 0 Å². The minimum Gasteiger partial charge on any atom is -0.498 e. The zero-order chi connectivity index (χ0) is 20.7. The summed E-state index contributed by atoms with van der Waals surface area (Å²) < 4.78 is 6.00. The summed E-state index contributed by atoms with van der Waals surface area (Å²) in [6.07, 6.45) is 19.1. The summed E-state index contributed by atoms with van der Waals surface area (Å²) in [7, 11) is 0. The smallest absolute Gasteiger partial charge is 0.128 e. The van der Waals surface area contributed by atoms with Gasteiger partial charge in [0.1, 0.15) is 5.94 Å². The Balaban J connectivity index is 1.96. The van der Waals surface area contributed by atoms with Crippen molar-refractivity contribution in [3.8, 4) is 0 Å². The number of halogens is 1. The summed E-state index contributed by atoms with van der Waals surface area (Å²) in [5.41, 5.74) is 1.75. The summed E-state index contributed by atoms with van der Waals surface area (Å²) in [4.78, 5) is 11.3. The van der Waals surface area contributed by atoms with Crippen molar-refractivity contribution in [2.24, 2.45) is 5.41 Å². The SMILES string of the molecule is CC1=C(OCCCCCCCCCCCCCCCCl)CCC(C)(C)C1=C=O. The Morgan fingerprint density at radius 1 is 0.857 bits per heavy atom. The van der Waals surface area contributed by atoms with Gasteiger partial charge in [0, 0.05) is 28.9 Å². The molecule has 0 N–H and O–H groups in total. The lowest BCUT2D eigenvalue weighted by atomic mass is 9.73. The third-order valence-electron chi connectivity index (χ3n) is 6.10. The first kappa shape index (κ1) is 25.3. The molecule has 0 aromatic carbocycles. The summed E-state index contributed by atoms with van der Waals surface area (Å²) in [6, 6.07) is 0. The molecule has 0 unspecified atom stereocenters. The van der Waals surface area contributed by atoms with Gasteiger partial charge in [0.2, 0.25) is 0 Å². The molecule has 0 atom stereocenters. The van der Waals surface area contributed by atoms with Gasteiger partial charge in [-0.25, -0.2) is 4.79 Å². The lowest BCUT2D eigenvalue weighted by molar-refractivity contribution is 0.177. The van der Waals surface area contributed by atoms with E-state index in [1.807, 2.05) is 6.92 Å². The summed E-state index contributed by atoms with van der Waals surface area (Å²) in [5, 5.41) is 0. The lowest BCUT2D eigenvalue weighted by Crippen LogP contribution is -2.22. The van der Waals surface area contributed by atoms with Crippen LogP contribution >= 0.6 is 11.6 Å². The topological polar surface area (TPSA) is 26.3 Å². The first-order valence-electron chi connectivity index (χ1n) is 11.7. The van der Waals surface area contributed by atoms with Crippen molar-refractivity contribution in [3.63, 3.8) is 0 Å². The highest BCUT2D eigenvalue weighted by atomic mass is 35.5. The minimum absolute atomic E-state index is 0.0665. The van der Waals surface area contributed by atoms with Crippen LogP contribution in [0.2, 0.25) is 0 Å². The Morgan fingerprint density at radius 3 is 1.79 bits per heavy atom. The van der Waals surface area contributed by atoms with Crippen molar-refractivity contribution in [2.45, 2.75) is 117 Å². The minimum atomic E-state index is -0.0665. The molecular formula is C25H43ClO2. The highest BCUT2D eigenvalue weighted by molar-refractivity contribution is 6.17. The van der Waals surface area contributed by atoms with Gasteiger partial charge < -0.3 is 4.74 Å². The molecule has 0 heterocycles. The fourth-order valence-corrected chi connectivity index (χ4v) is 4.31. The zero-order valence-electron chi connectivity index (χ0n) is 18.7. The van der Waals surface area contributed by atoms with Gasteiger partial charge in [-0.3, -0.25) is 0 Å². The van der Waals surface area contributed by atoms with E-state index >= 15 is 0 Å². The van der Waals surface area contributed by atoms with Crippen molar-refractivity contribution in [1.82, 2.24) is 0 Å². The van der Waals surface area contributed by atoms with E-state index in [9.17, 15) is 4.79 Å². The van der Waals surface area contributed by atoms with Crippen molar-refractivity contribution in [3.05, 3.63) is 16.9 Å². The second-order valence-corrected chi connectivity index (χ2v) is 9.42. The van der Waals surface area contributed by atoms with Gasteiger partial charge in [-0.1, -0.05) is 84.5 Å². The Bertz CT molecular complexity index is 501. The molecule has 0 radical (unpaired) electrons. The molecule has 2 nitrogen and oxygen atoms in total. The number of rotatable bonds is 16. The van der Waals surface area contributed by atoms with Crippen LogP contribution in [0.25, 0.3) is 0 Å². The second-order valence-electron chi connectivity index (χ2n) is 9.04. The van der Waals surface area contributed by atoms with Crippen LogP contribution in [0, 0.1) is 5.41 Å². The predicted molar refractivity (Wildman–Crippen MR) is 122 cm³/mol. The van der Waals surface area contributed by atoms with Crippen molar-refractivity contribution < 1.29 is 9.53 Å². The van der Waals surface area contributed by atoms with Gasteiger partial charge in [-0.2, -0.15) is 0 Å². The van der Waals surface area contributed by atoms with Crippen LogP contribution in [-0.4, -0.2) is 18.4 Å². The van der Waals surface area contributed by atoms with Crippen LogP contribution in [0.3, 0.4) is 0 Å². The van der Waals surface area contributed by atoms with E-state index in [-0.39, 0.29) is 5.41 Å². The molecule has 0 fully saturated rings. The van der Waals surface area contributed by atoms with Crippen molar-refractivity contribution in [2.75, 3.05) is 12.5 Å². The van der Waals surface area contributed by atoms with Crippen LogP contribution in [-0.2, 0) is 9.53 Å². The standard InChI is InChI=1S/C25H43ClO2/c1-22-23(21-27)25(2,3)18-17-24(22)28-20-16-14-12-10-8-6-4-5-7-9-11-13-15-19-26/h4-20H2,1-3H3. The van der Waals surface area contributed by atoms with E-state index in [0.29, 0.717) is 0 Å². The molecule has 0 spiro atoms. The van der Waals surface area contributed by atoms with Crippen LogP contribution < -0.4 is 0 Å². The summed E-state index contributed by atoms with van der Waals surface area (Å²) in [5.74, 6) is 3.99. The number of hydrogen-bond donors (Lipinski definition) is 0. The molecule has 0 aliphatic heterocycles. The van der Waals surface area contributed by atoms with Crippen LogP contribution in [0.5, 0.6) is 0 Å². The molecule has 3 heteroatoms. The van der Waals surface area contributed by atoms with Gasteiger partial charge in [-0.15, -0.1) is 11.6 Å². The fraction of sp³-hybridized carbons (Fsp3) is 0.840. The molecule has 1 aliphatic rings. The normalized spacial score (nSPS) is 16.4. The molecule has 28 heavy (non-hydrogen) atoms. The fourth-order valence-electron chi connectivity index (χ4n) is 4.12. The first-order chi connectivity index (χ1) is 13.5. The summed E-state index contributed by atoms with van der Waals surface area (Å²) in [6.45, 7) is 7.03. The second kappa shape index (κ2) is 15.2. The molecule has 162 valence electrons. The third kappa shape index (κ3) is 10.2. The van der Waals surface area contributed by atoms with Crippen molar-refractivity contribution >= 4 is 17.5 Å². The number of ether oxygens (including phenoxy) is 1. The Hall–Kier alpha value is -0.720. The quantitative estimate of drug-likeness (QED) is 0.146. The molecule has 0 bridgehead atoms. The van der Waals surface area contributed by atoms with Gasteiger partial charge in [0.25, 0.3) is 0 Å². The van der Waals surface area contributed by atoms with Crippen molar-refractivity contribution in [1.29, 1.82) is 0 Å². The number of carbonyl (C=O) groups excluding carboxylic acids is 1. The molecule has 0 saturated heterocycles. The highest BCUT2D eigenvalue weighted by Gasteiger charge is 2.32. The average molecular weight is 411 g/mol. The van der Waals surface area contributed by atoms with E-state index in [1.165, 1.54) is 77.0 Å². The molecule has 1 rings (SSSR count). The first-order valence-corrected chi connectivity index (χ1v) is 12.2. The zero-order valence-corrected chi connectivity index (χ0v) is 19.5. The van der Waals surface area contributed by atoms with Crippen LogP contribution in [0.1, 0.15) is 117 Å². The van der Waals surface area contributed by atoms with Gasteiger partial charge in [-0.05, 0) is 26.2 Å². The molecule has 0 amide bonds. The van der Waals surface area contributed by atoms with Gasteiger partial charge in [0.05, 0.1) is 12.4 Å². The third-order valence-corrected chi connectivity index (χ3v) is 6.37. The maximum Gasteiger partial charge on any atom is 0.128 e. The number of allylic oxidation sites excluding steroid dienone is 3. The van der Waals surface area contributed by atoms with E-state index < -0.39 is 0 Å². The number of alkyl halides is 1. The molecule has 1 aliphatic carbocycles. The van der Waals surface area contributed by atoms with E-state index in [1.54, 1.807) is 0 Å². The van der Waals surface area contributed by atoms with E-state index in [4.69, 9.17) is 16.3 Å². The molecule has 0 aromatic heterocycles. The largest absolute Gasteiger partial charge is 0.498 e. The average Bonchev–Trinajstić information content (AvgIpc) is 2.66. The van der Waals surface area contributed by atoms with E-state index in [0.717, 1.165) is 48.7 Å². The Morgan fingerprint density at radius 2 is 1.32 bits per heavy atom. The highest BCUT2D eigenvalue weighted by Crippen LogP contribution is 2.42. The van der Waals surface area contributed by atoms with Gasteiger partial charge in [0.15, 0.2) is 0 Å². The predicted octanol–water partition coefficient (Wildman–Crippen LogP) is 8.17. The molecule has 0 saturated carbocycles.